The molecule has 1 aliphatic rings. The SMILES string of the molecule is N#C[C@@H]1CCCN1C(=O)CNCCNc1nc(-c2ccc(F)c(F)c2F)cs1. The largest absolute Gasteiger partial charge is 0.360 e. The van der Waals surface area contributed by atoms with Crippen LogP contribution in [-0.4, -0.2) is 48.0 Å². The van der Waals surface area contributed by atoms with Crippen LogP contribution in [0.25, 0.3) is 11.3 Å². The van der Waals surface area contributed by atoms with Crippen LogP contribution in [0.15, 0.2) is 17.5 Å². The number of nitriles is 1. The number of aromatic nitrogens is 1. The van der Waals surface area contributed by atoms with Crippen molar-refractivity contribution in [2.45, 2.75) is 18.9 Å². The van der Waals surface area contributed by atoms with Crippen molar-refractivity contribution in [1.82, 2.24) is 15.2 Å². The van der Waals surface area contributed by atoms with Crippen LogP contribution in [0.1, 0.15) is 12.8 Å². The Bertz CT molecular complexity index is 898. The fourth-order valence-corrected chi connectivity index (χ4v) is 3.70. The molecule has 0 unspecified atom stereocenters. The summed E-state index contributed by atoms with van der Waals surface area (Å²) < 4.78 is 40.2. The molecular weight excluding hydrogens is 391 g/mol. The summed E-state index contributed by atoms with van der Waals surface area (Å²) in [6.45, 7) is 1.69. The van der Waals surface area contributed by atoms with Gasteiger partial charge in [-0.05, 0) is 25.0 Å². The summed E-state index contributed by atoms with van der Waals surface area (Å²) in [4.78, 5) is 17.8. The van der Waals surface area contributed by atoms with Gasteiger partial charge in [0.05, 0.1) is 18.3 Å². The van der Waals surface area contributed by atoms with E-state index in [9.17, 15) is 18.0 Å². The van der Waals surface area contributed by atoms with Gasteiger partial charge in [0.25, 0.3) is 0 Å². The molecule has 1 amide bonds. The van der Waals surface area contributed by atoms with Crippen LogP contribution in [0, 0.1) is 28.8 Å². The van der Waals surface area contributed by atoms with E-state index < -0.39 is 17.5 Å². The van der Waals surface area contributed by atoms with E-state index in [4.69, 9.17) is 5.26 Å². The molecule has 1 atom stereocenters. The highest BCUT2D eigenvalue weighted by atomic mass is 32.1. The first-order valence-corrected chi connectivity index (χ1v) is 9.62. The molecule has 0 spiro atoms. The van der Waals surface area contributed by atoms with Gasteiger partial charge < -0.3 is 15.5 Å². The van der Waals surface area contributed by atoms with Gasteiger partial charge in [0, 0.05) is 30.6 Å². The number of carbonyl (C=O) groups is 1. The number of carbonyl (C=O) groups excluding carboxylic acids is 1. The minimum atomic E-state index is -1.52. The number of thiazole rings is 1. The second-order valence-corrected chi connectivity index (χ2v) is 7.10. The maximum Gasteiger partial charge on any atom is 0.237 e. The molecule has 1 aliphatic heterocycles. The van der Waals surface area contributed by atoms with E-state index in [0.29, 0.717) is 31.2 Å². The number of nitrogens with zero attached hydrogens (tertiary/aromatic N) is 3. The molecule has 1 fully saturated rings. The smallest absolute Gasteiger partial charge is 0.237 e. The molecule has 2 N–H and O–H groups in total. The molecule has 0 aliphatic carbocycles. The summed E-state index contributed by atoms with van der Waals surface area (Å²) in [7, 11) is 0. The maximum atomic E-state index is 13.8. The van der Waals surface area contributed by atoms with Crippen molar-refractivity contribution in [3.05, 3.63) is 35.0 Å². The quantitative estimate of drug-likeness (QED) is 0.543. The Morgan fingerprint density at radius 3 is 2.93 bits per heavy atom. The Morgan fingerprint density at radius 1 is 1.32 bits per heavy atom. The topological polar surface area (TPSA) is 81.0 Å². The van der Waals surface area contributed by atoms with Crippen molar-refractivity contribution < 1.29 is 18.0 Å². The molecule has 6 nitrogen and oxygen atoms in total. The predicted octanol–water partition coefficient (Wildman–Crippen LogP) is 2.74. The Hall–Kier alpha value is -2.64. The van der Waals surface area contributed by atoms with Gasteiger partial charge in [0.15, 0.2) is 22.6 Å². The van der Waals surface area contributed by atoms with Crippen molar-refractivity contribution in [2.75, 3.05) is 31.5 Å². The molecular formula is C18H18F3N5OS. The Balaban J connectivity index is 1.45. The lowest BCUT2D eigenvalue weighted by molar-refractivity contribution is -0.130. The second kappa shape index (κ2) is 9.03. The Labute approximate surface area is 164 Å². The molecule has 0 bridgehead atoms. The molecule has 0 saturated carbocycles. The normalized spacial score (nSPS) is 16.2. The Morgan fingerprint density at radius 2 is 2.14 bits per heavy atom. The van der Waals surface area contributed by atoms with Gasteiger partial charge in [0.1, 0.15) is 6.04 Å². The molecule has 2 heterocycles. The van der Waals surface area contributed by atoms with Gasteiger partial charge in [0.2, 0.25) is 5.91 Å². The number of hydrogen-bond acceptors (Lipinski definition) is 6. The predicted molar refractivity (Wildman–Crippen MR) is 99.1 cm³/mol. The number of likely N-dealkylation sites (tertiary alicyclic amines) is 1. The van der Waals surface area contributed by atoms with Crippen LogP contribution < -0.4 is 10.6 Å². The molecule has 1 aromatic carbocycles. The van der Waals surface area contributed by atoms with Gasteiger partial charge in [-0.3, -0.25) is 4.79 Å². The number of anilines is 1. The zero-order valence-electron chi connectivity index (χ0n) is 14.8. The van der Waals surface area contributed by atoms with Gasteiger partial charge in [-0.2, -0.15) is 5.26 Å². The standard InChI is InChI=1S/C18H18F3N5OS/c19-13-4-3-12(16(20)17(13)21)14-10-28-18(25-14)24-6-5-23-9-15(27)26-7-1-2-11(26)8-22/h3-4,10-11,23H,1-2,5-7,9H2,(H,24,25)/t11-/m0/s1. The first-order chi connectivity index (χ1) is 13.5. The van der Waals surface area contributed by atoms with Crippen molar-refractivity contribution in [3.8, 4) is 17.3 Å². The summed E-state index contributed by atoms with van der Waals surface area (Å²) in [6, 6.07) is 3.80. The zero-order chi connectivity index (χ0) is 20.1. The van der Waals surface area contributed by atoms with E-state index in [-0.39, 0.29) is 29.8 Å². The van der Waals surface area contributed by atoms with E-state index >= 15 is 0 Å². The van der Waals surface area contributed by atoms with Gasteiger partial charge in [-0.25, -0.2) is 18.2 Å². The van der Waals surface area contributed by atoms with Gasteiger partial charge in [-0.1, -0.05) is 0 Å². The summed E-state index contributed by atoms with van der Waals surface area (Å²) >= 11 is 1.21. The zero-order valence-corrected chi connectivity index (χ0v) is 15.7. The first kappa shape index (κ1) is 20.1. The lowest BCUT2D eigenvalue weighted by atomic mass is 10.1. The van der Waals surface area contributed by atoms with Crippen LogP contribution in [0.4, 0.5) is 18.3 Å². The van der Waals surface area contributed by atoms with E-state index in [2.05, 4.69) is 21.7 Å². The molecule has 28 heavy (non-hydrogen) atoms. The minimum Gasteiger partial charge on any atom is -0.360 e. The number of hydrogen-bond donors (Lipinski definition) is 2. The summed E-state index contributed by atoms with van der Waals surface area (Å²) in [6.07, 6.45) is 1.56. The number of nitrogens with one attached hydrogen (secondary N) is 2. The Kier molecular flexibility index (Phi) is 6.49. The summed E-state index contributed by atoms with van der Waals surface area (Å²) in [5.41, 5.74) is 0.105. The highest BCUT2D eigenvalue weighted by molar-refractivity contribution is 7.14. The van der Waals surface area contributed by atoms with Gasteiger partial charge in [-0.15, -0.1) is 11.3 Å². The monoisotopic (exact) mass is 409 g/mol. The number of amides is 1. The first-order valence-electron chi connectivity index (χ1n) is 8.74. The molecule has 2 aromatic rings. The highest BCUT2D eigenvalue weighted by Gasteiger charge is 2.27. The van der Waals surface area contributed by atoms with E-state index in [1.807, 2.05) is 0 Å². The minimum absolute atomic E-state index is 0.102. The molecule has 10 heteroatoms. The molecule has 1 saturated heterocycles. The average Bonchev–Trinajstić information content (AvgIpc) is 3.35. The number of benzene rings is 1. The summed E-state index contributed by atoms with van der Waals surface area (Å²) in [5.74, 6) is -4.14. The lowest BCUT2D eigenvalue weighted by Gasteiger charge is -2.19. The van der Waals surface area contributed by atoms with E-state index in [1.54, 1.807) is 10.3 Å². The van der Waals surface area contributed by atoms with Crippen LogP contribution in [0.2, 0.25) is 0 Å². The fourth-order valence-electron chi connectivity index (χ4n) is 2.96. The second-order valence-electron chi connectivity index (χ2n) is 6.24. The highest BCUT2D eigenvalue weighted by Crippen LogP contribution is 2.28. The molecule has 3 rings (SSSR count). The maximum absolute atomic E-state index is 13.8. The van der Waals surface area contributed by atoms with E-state index in [0.717, 1.165) is 18.6 Å². The third kappa shape index (κ3) is 4.43. The van der Waals surface area contributed by atoms with Crippen molar-refractivity contribution in [2.24, 2.45) is 0 Å². The van der Waals surface area contributed by atoms with E-state index in [1.165, 1.54) is 11.3 Å². The third-order valence-electron chi connectivity index (χ3n) is 4.39. The summed E-state index contributed by atoms with van der Waals surface area (Å²) in [5, 5.41) is 17.1. The van der Waals surface area contributed by atoms with Crippen molar-refractivity contribution in [3.63, 3.8) is 0 Å². The molecule has 0 radical (unpaired) electrons. The van der Waals surface area contributed by atoms with Crippen molar-refractivity contribution in [1.29, 1.82) is 5.26 Å². The van der Waals surface area contributed by atoms with Gasteiger partial charge >= 0.3 is 0 Å². The third-order valence-corrected chi connectivity index (χ3v) is 5.19. The molecule has 148 valence electrons. The molecule has 1 aromatic heterocycles. The van der Waals surface area contributed by atoms with Crippen molar-refractivity contribution >= 4 is 22.4 Å². The van der Waals surface area contributed by atoms with Crippen LogP contribution in [0.5, 0.6) is 0 Å². The van der Waals surface area contributed by atoms with Crippen LogP contribution >= 0.6 is 11.3 Å². The number of rotatable bonds is 7. The lowest BCUT2D eigenvalue weighted by Crippen LogP contribution is -2.41. The number of halogens is 3. The average molecular weight is 409 g/mol. The van der Waals surface area contributed by atoms with Crippen LogP contribution in [0.3, 0.4) is 0 Å². The fraction of sp³-hybridized carbons (Fsp3) is 0.389. The van der Waals surface area contributed by atoms with Crippen LogP contribution in [-0.2, 0) is 4.79 Å².